The van der Waals surface area contributed by atoms with Gasteiger partial charge in [0, 0.05) is 18.4 Å². The molecule has 0 aromatic carbocycles. The van der Waals surface area contributed by atoms with E-state index in [0.717, 1.165) is 6.42 Å². The monoisotopic (exact) mass is 331 g/mol. The highest BCUT2D eigenvalue weighted by Crippen LogP contribution is 2.14. The maximum Gasteiger partial charge on any atom is 0.0159 e. The summed E-state index contributed by atoms with van der Waals surface area (Å²) in [6.45, 7) is 2.29. The number of unbranched alkanes of at least 4 members (excludes halogenated alkanes) is 17. The highest BCUT2D eigenvalue weighted by atomic mass is 14.4. The van der Waals surface area contributed by atoms with Crippen molar-refractivity contribution >= 4 is 0 Å². The Morgan fingerprint density at radius 2 is 0.875 bits per heavy atom. The van der Waals surface area contributed by atoms with Gasteiger partial charge in [-0.1, -0.05) is 116 Å². The van der Waals surface area contributed by atoms with Crippen LogP contribution in [0.25, 0.3) is 0 Å². The van der Waals surface area contributed by atoms with Gasteiger partial charge in [0.1, 0.15) is 0 Å². The first-order valence-electron chi connectivity index (χ1n) is 10.6. The van der Waals surface area contributed by atoms with Gasteiger partial charge < -0.3 is 5.73 Å². The van der Waals surface area contributed by atoms with E-state index in [4.69, 9.17) is 5.73 Å². The lowest BCUT2D eigenvalue weighted by Crippen LogP contribution is -1.83. The molecule has 0 spiro atoms. The van der Waals surface area contributed by atoms with E-state index < -0.39 is 0 Å². The zero-order chi connectivity index (χ0) is 17.6. The summed E-state index contributed by atoms with van der Waals surface area (Å²) in [5.41, 5.74) is 5.05. The molecule has 1 heteroatoms. The van der Waals surface area contributed by atoms with E-state index in [1.807, 2.05) is 0 Å². The van der Waals surface area contributed by atoms with Gasteiger partial charge in [-0.25, -0.2) is 0 Å². The lowest BCUT2D eigenvalue weighted by molar-refractivity contribution is 0.528. The van der Waals surface area contributed by atoms with Crippen LogP contribution in [-0.4, -0.2) is 0 Å². The molecule has 0 rings (SSSR count). The fourth-order valence-electron chi connectivity index (χ4n) is 3.08. The van der Waals surface area contributed by atoms with Crippen LogP contribution in [0, 0.1) is 23.8 Å². The van der Waals surface area contributed by atoms with Gasteiger partial charge in [-0.2, -0.15) is 0 Å². The molecule has 0 unspecified atom stereocenters. The van der Waals surface area contributed by atoms with Gasteiger partial charge >= 0.3 is 0 Å². The Kier molecular flexibility index (Phi) is 20.9. The van der Waals surface area contributed by atoms with Crippen molar-refractivity contribution in [3.05, 3.63) is 0 Å². The standard InChI is InChI=1S/C23H41N/c1-2-3-4-5-6-7-8-9-10-11-12-13-14-15-16-17-18-19-20-21-22-23-24/h2-19,24H2,1H3. The van der Waals surface area contributed by atoms with Crippen molar-refractivity contribution < 1.29 is 0 Å². The molecule has 1 nitrogen and oxygen atoms in total. The minimum atomic E-state index is 0.966. The Hall–Kier alpha value is -1.08. The van der Waals surface area contributed by atoms with Crippen molar-refractivity contribution in [1.82, 2.24) is 0 Å². The third-order valence-corrected chi connectivity index (χ3v) is 4.63. The Morgan fingerprint density at radius 3 is 1.25 bits per heavy atom. The molecule has 0 atom stereocenters. The van der Waals surface area contributed by atoms with Crippen LogP contribution in [0.1, 0.15) is 122 Å². The molecule has 0 heterocycles. The molecular weight excluding hydrogens is 290 g/mol. The smallest absolute Gasteiger partial charge is 0.0159 e. The van der Waals surface area contributed by atoms with E-state index in [-0.39, 0.29) is 0 Å². The summed E-state index contributed by atoms with van der Waals surface area (Å²) in [6, 6.07) is 2.30. The molecule has 138 valence electrons. The van der Waals surface area contributed by atoms with Gasteiger partial charge in [-0.3, -0.25) is 0 Å². The second-order valence-electron chi connectivity index (χ2n) is 6.98. The molecule has 0 fully saturated rings. The quantitative estimate of drug-likeness (QED) is 0.174. The second kappa shape index (κ2) is 21.9. The first-order chi connectivity index (χ1) is 11.9. The number of hydrogen-bond donors (Lipinski definition) is 1. The third kappa shape index (κ3) is 20.9. The van der Waals surface area contributed by atoms with Gasteiger partial charge in [0.25, 0.3) is 0 Å². The Balaban J connectivity index is 3.02. The Bertz CT molecular complexity index is 350. The summed E-state index contributed by atoms with van der Waals surface area (Å²) in [4.78, 5) is 0. The SMILES string of the molecule is CCCCCCCCCCCCCCCCCCCC#CC#CN. The number of hydrogen-bond acceptors (Lipinski definition) is 1. The van der Waals surface area contributed by atoms with Crippen LogP contribution in [0.2, 0.25) is 0 Å². The normalized spacial score (nSPS) is 9.88. The van der Waals surface area contributed by atoms with Crippen molar-refractivity contribution in [3.8, 4) is 23.8 Å². The van der Waals surface area contributed by atoms with Crippen LogP contribution in [0.5, 0.6) is 0 Å². The van der Waals surface area contributed by atoms with Crippen LogP contribution in [0.3, 0.4) is 0 Å². The van der Waals surface area contributed by atoms with Crippen molar-refractivity contribution in [2.75, 3.05) is 0 Å². The van der Waals surface area contributed by atoms with Gasteiger partial charge in [-0.15, -0.1) is 0 Å². The predicted octanol–water partition coefficient (Wildman–Crippen LogP) is 6.95. The number of nitrogens with two attached hydrogens (primary N) is 1. The highest BCUT2D eigenvalue weighted by molar-refractivity contribution is 5.24. The van der Waals surface area contributed by atoms with Crippen molar-refractivity contribution in [3.63, 3.8) is 0 Å². The van der Waals surface area contributed by atoms with Crippen LogP contribution in [0.4, 0.5) is 0 Å². The summed E-state index contributed by atoms with van der Waals surface area (Å²) >= 11 is 0. The molecule has 2 N–H and O–H groups in total. The van der Waals surface area contributed by atoms with E-state index in [0.29, 0.717) is 0 Å². The van der Waals surface area contributed by atoms with Crippen molar-refractivity contribution in [2.24, 2.45) is 5.73 Å². The first-order valence-corrected chi connectivity index (χ1v) is 10.6. The van der Waals surface area contributed by atoms with E-state index in [1.54, 1.807) is 0 Å². The molecule has 0 aromatic heterocycles. The van der Waals surface area contributed by atoms with E-state index >= 15 is 0 Å². The lowest BCUT2D eigenvalue weighted by atomic mass is 10.0. The van der Waals surface area contributed by atoms with Gasteiger partial charge in [0.05, 0.1) is 0 Å². The summed E-state index contributed by atoms with van der Waals surface area (Å²) in [7, 11) is 0. The van der Waals surface area contributed by atoms with Gasteiger partial charge in [-0.05, 0) is 12.3 Å². The second-order valence-corrected chi connectivity index (χ2v) is 6.98. The van der Waals surface area contributed by atoms with Crippen molar-refractivity contribution in [2.45, 2.75) is 122 Å². The van der Waals surface area contributed by atoms with E-state index in [1.165, 1.54) is 109 Å². The fourth-order valence-corrected chi connectivity index (χ4v) is 3.08. The van der Waals surface area contributed by atoms with Crippen LogP contribution in [-0.2, 0) is 0 Å². The molecule has 0 radical (unpaired) electrons. The zero-order valence-corrected chi connectivity index (χ0v) is 16.3. The molecule has 0 saturated carbocycles. The summed E-state index contributed by atoms with van der Waals surface area (Å²) in [5.74, 6) is 8.36. The molecule has 0 aromatic rings. The molecule has 0 aliphatic rings. The molecule has 0 amide bonds. The predicted molar refractivity (Wildman–Crippen MR) is 109 cm³/mol. The Labute approximate surface area is 152 Å². The molecule has 0 aliphatic heterocycles. The topological polar surface area (TPSA) is 26.0 Å². The average Bonchev–Trinajstić information content (AvgIpc) is 2.60. The van der Waals surface area contributed by atoms with Gasteiger partial charge in [0.2, 0.25) is 0 Å². The summed E-state index contributed by atoms with van der Waals surface area (Å²) in [6.07, 6.45) is 25.0. The maximum absolute atomic E-state index is 5.05. The van der Waals surface area contributed by atoms with E-state index in [2.05, 4.69) is 30.7 Å². The molecule has 24 heavy (non-hydrogen) atoms. The molecule has 0 aliphatic carbocycles. The molecular formula is C23H41N. The minimum Gasteiger partial charge on any atom is -0.359 e. The molecule has 0 bridgehead atoms. The van der Waals surface area contributed by atoms with E-state index in [9.17, 15) is 0 Å². The molecule has 0 saturated heterocycles. The fraction of sp³-hybridized carbons (Fsp3) is 0.826. The Morgan fingerprint density at radius 1 is 0.500 bits per heavy atom. The number of rotatable bonds is 17. The van der Waals surface area contributed by atoms with Crippen LogP contribution in [0.15, 0.2) is 0 Å². The lowest BCUT2D eigenvalue weighted by Gasteiger charge is -2.03. The summed E-state index contributed by atoms with van der Waals surface area (Å²) < 4.78 is 0. The highest BCUT2D eigenvalue weighted by Gasteiger charge is 1.94. The van der Waals surface area contributed by atoms with Crippen molar-refractivity contribution in [1.29, 1.82) is 0 Å². The minimum absolute atomic E-state index is 0.966. The first kappa shape index (κ1) is 22.9. The third-order valence-electron chi connectivity index (χ3n) is 4.63. The average molecular weight is 332 g/mol. The van der Waals surface area contributed by atoms with Crippen LogP contribution >= 0.6 is 0 Å². The maximum atomic E-state index is 5.05. The zero-order valence-electron chi connectivity index (χ0n) is 16.3. The largest absolute Gasteiger partial charge is 0.359 e. The summed E-state index contributed by atoms with van der Waals surface area (Å²) in [5, 5.41) is 0. The van der Waals surface area contributed by atoms with Gasteiger partial charge in [0.15, 0.2) is 0 Å². The van der Waals surface area contributed by atoms with Crippen LogP contribution < -0.4 is 5.73 Å².